The van der Waals surface area contributed by atoms with Crippen LogP contribution in [0.15, 0.2) is 60.8 Å². The third-order valence-corrected chi connectivity index (χ3v) is 6.76. The molecule has 2 fully saturated rings. The van der Waals surface area contributed by atoms with Crippen LogP contribution in [0.2, 0.25) is 0 Å². The fourth-order valence-corrected chi connectivity index (χ4v) is 5.10. The summed E-state index contributed by atoms with van der Waals surface area (Å²) >= 11 is 0. The summed E-state index contributed by atoms with van der Waals surface area (Å²) < 4.78 is 6.27. The van der Waals surface area contributed by atoms with Gasteiger partial charge in [0.15, 0.2) is 0 Å². The highest BCUT2D eigenvalue weighted by atomic mass is 16.5. The number of anilines is 1. The lowest BCUT2D eigenvalue weighted by Gasteiger charge is -2.27. The van der Waals surface area contributed by atoms with Gasteiger partial charge >= 0.3 is 0 Å². The maximum atomic E-state index is 13.5. The molecule has 6 nitrogen and oxygen atoms in total. The number of amides is 2. The molecule has 2 aromatic rings. The Hall–Kier alpha value is -2.99. The number of pyridine rings is 1. The van der Waals surface area contributed by atoms with Crippen LogP contribution in [0.25, 0.3) is 0 Å². The van der Waals surface area contributed by atoms with Crippen LogP contribution in [-0.2, 0) is 20.9 Å². The van der Waals surface area contributed by atoms with Crippen LogP contribution in [-0.4, -0.2) is 47.0 Å². The number of fused-ring (bicyclic) bond motifs is 1. The first kappa shape index (κ1) is 19.9. The molecule has 0 saturated carbocycles. The molecule has 0 aliphatic carbocycles. The van der Waals surface area contributed by atoms with Gasteiger partial charge in [0, 0.05) is 18.9 Å². The van der Waals surface area contributed by atoms with Crippen molar-refractivity contribution in [1.29, 1.82) is 0 Å². The maximum Gasteiger partial charge on any atom is 0.234 e. The maximum absolute atomic E-state index is 13.5. The van der Waals surface area contributed by atoms with E-state index in [2.05, 4.69) is 31.0 Å². The van der Waals surface area contributed by atoms with Gasteiger partial charge in [0.1, 0.15) is 5.60 Å². The summed E-state index contributed by atoms with van der Waals surface area (Å²) in [5.74, 6) is -0.678. The molecule has 1 spiro atoms. The van der Waals surface area contributed by atoms with Crippen molar-refractivity contribution >= 4 is 17.5 Å². The zero-order valence-corrected chi connectivity index (χ0v) is 18.1. The predicted molar refractivity (Wildman–Crippen MR) is 117 cm³/mol. The zero-order chi connectivity index (χ0) is 21.8. The summed E-state index contributed by atoms with van der Waals surface area (Å²) in [6, 6.07) is 13.8. The van der Waals surface area contributed by atoms with E-state index < -0.39 is 17.4 Å². The SMILES string of the molecule is CC(C)c1ccc(N2C[C@]34C=C[C@H](O3)[C@H](C(=O)N(C)Cc3ccccn3)[C@H]4C2=O)cc1. The van der Waals surface area contributed by atoms with E-state index in [0.717, 1.165) is 11.4 Å². The second-order valence-corrected chi connectivity index (χ2v) is 9.09. The van der Waals surface area contributed by atoms with Crippen LogP contribution >= 0.6 is 0 Å². The quantitative estimate of drug-likeness (QED) is 0.701. The Labute approximate surface area is 182 Å². The molecule has 4 atom stereocenters. The second-order valence-electron chi connectivity index (χ2n) is 9.09. The molecule has 2 saturated heterocycles. The van der Waals surface area contributed by atoms with E-state index in [9.17, 15) is 9.59 Å². The molecule has 3 aliphatic rings. The van der Waals surface area contributed by atoms with E-state index >= 15 is 0 Å². The van der Waals surface area contributed by atoms with Gasteiger partial charge in [0.2, 0.25) is 11.8 Å². The zero-order valence-electron chi connectivity index (χ0n) is 18.1. The number of carbonyl (C=O) groups is 2. The van der Waals surface area contributed by atoms with Crippen LogP contribution < -0.4 is 4.90 Å². The van der Waals surface area contributed by atoms with Crippen LogP contribution in [0, 0.1) is 11.8 Å². The molecular formula is C25H27N3O3. The highest BCUT2D eigenvalue weighted by molar-refractivity contribution is 6.03. The molecule has 2 amide bonds. The van der Waals surface area contributed by atoms with Crippen LogP contribution in [0.4, 0.5) is 5.69 Å². The molecule has 6 heteroatoms. The summed E-state index contributed by atoms with van der Waals surface area (Å²) in [5, 5.41) is 0. The average Bonchev–Trinajstić information content (AvgIpc) is 3.42. The van der Waals surface area contributed by atoms with E-state index in [1.807, 2.05) is 42.5 Å². The normalized spacial score (nSPS) is 28.5. The number of hydrogen-bond acceptors (Lipinski definition) is 4. The Kier molecular flexibility index (Phi) is 4.70. The summed E-state index contributed by atoms with van der Waals surface area (Å²) in [6.45, 7) is 5.14. The first-order valence-electron chi connectivity index (χ1n) is 10.8. The van der Waals surface area contributed by atoms with Crippen molar-refractivity contribution in [3.05, 3.63) is 72.1 Å². The third-order valence-electron chi connectivity index (χ3n) is 6.76. The Morgan fingerprint density at radius 2 is 2.03 bits per heavy atom. The summed E-state index contributed by atoms with van der Waals surface area (Å²) in [5.41, 5.74) is 2.18. The molecule has 4 heterocycles. The second kappa shape index (κ2) is 7.31. The van der Waals surface area contributed by atoms with E-state index in [-0.39, 0.29) is 17.9 Å². The lowest BCUT2D eigenvalue weighted by atomic mass is 9.76. The van der Waals surface area contributed by atoms with Crippen molar-refractivity contribution in [3.63, 3.8) is 0 Å². The van der Waals surface area contributed by atoms with Crippen molar-refractivity contribution in [2.75, 3.05) is 18.5 Å². The van der Waals surface area contributed by atoms with Gasteiger partial charge in [-0.2, -0.15) is 0 Å². The number of benzene rings is 1. The molecule has 2 bridgehead atoms. The molecule has 160 valence electrons. The first-order chi connectivity index (χ1) is 14.9. The molecule has 1 aromatic heterocycles. The standard InChI is InChI=1S/C25H27N3O3/c1-16(2)17-7-9-19(10-8-17)28-15-25-12-11-20(31-25)21(22(25)24(28)30)23(29)27(3)14-18-6-4-5-13-26-18/h4-13,16,20-22H,14-15H2,1-3H3/t20-,21-,22-,25-/m0/s1. The van der Waals surface area contributed by atoms with E-state index in [1.165, 1.54) is 5.56 Å². The van der Waals surface area contributed by atoms with Gasteiger partial charge in [-0.25, -0.2) is 0 Å². The van der Waals surface area contributed by atoms with Gasteiger partial charge in [0.25, 0.3) is 0 Å². The smallest absolute Gasteiger partial charge is 0.234 e. The summed E-state index contributed by atoms with van der Waals surface area (Å²) in [6.07, 6.45) is 5.31. The number of carbonyl (C=O) groups excluding carboxylic acids is 2. The molecule has 0 N–H and O–H groups in total. The number of aromatic nitrogens is 1. The van der Waals surface area contributed by atoms with Gasteiger partial charge in [-0.05, 0) is 35.7 Å². The molecule has 0 radical (unpaired) electrons. The number of rotatable bonds is 5. The van der Waals surface area contributed by atoms with Crippen molar-refractivity contribution in [3.8, 4) is 0 Å². The highest BCUT2D eigenvalue weighted by Gasteiger charge is 2.67. The van der Waals surface area contributed by atoms with Crippen LogP contribution in [0.3, 0.4) is 0 Å². The lowest BCUT2D eigenvalue weighted by Crippen LogP contribution is -2.44. The summed E-state index contributed by atoms with van der Waals surface area (Å²) in [7, 11) is 1.77. The highest BCUT2D eigenvalue weighted by Crippen LogP contribution is 2.53. The predicted octanol–water partition coefficient (Wildman–Crippen LogP) is 3.15. The number of nitrogens with zero attached hydrogens (tertiary/aromatic N) is 3. The Morgan fingerprint density at radius 1 is 1.26 bits per heavy atom. The Bertz CT molecular complexity index is 1030. The molecule has 1 aromatic carbocycles. The summed E-state index contributed by atoms with van der Waals surface area (Å²) in [4.78, 5) is 34.7. The molecule has 31 heavy (non-hydrogen) atoms. The van der Waals surface area contributed by atoms with E-state index in [0.29, 0.717) is 19.0 Å². The molecule has 5 rings (SSSR count). The van der Waals surface area contributed by atoms with Crippen LogP contribution in [0.1, 0.15) is 31.0 Å². The Balaban J connectivity index is 1.39. The third kappa shape index (κ3) is 3.17. The minimum Gasteiger partial charge on any atom is -0.360 e. The minimum absolute atomic E-state index is 0.0336. The Morgan fingerprint density at radius 3 is 2.71 bits per heavy atom. The molecule has 3 aliphatic heterocycles. The fraction of sp³-hybridized carbons (Fsp3) is 0.400. The monoisotopic (exact) mass is 417 g/mol. The number of hydrogen-bond donors (Lipinski definition) is 0. The van der Waals surface area contributed by atoms with E-state index in [4.69, 9.17) is 4.74 Å². The van der Waals surface area contributed by atoms with Gasteiger partial charge < -0.3 is 14.5 Å². The van der Waals surface area contributed by atoms with Crippen molar-refractivity contribution in [2.45, 2.75) is 38.0 Å². The fourth-order valence-electron chi connectivity index (χ4n) is 5.10. The average molecular weight is 418 g/mol. The largest absolute Gasteiger partial charge is 0.360 e. The molecule has 0 unspecified atom stereocenters. The van der Waals surface area contributed by atoms with Gasteiger partial charge in [-0.3, -0.25) is 14.6 Å². The van der Waals surface area contributed by atoms with E-state index in [1.54, 1.807) is 23.0 Å². The van der Waals surface area contributed by atoms with Crippen LogP contribution in [0.5, 0.6) is 0 Å². The van der Waals surface area contributed by atoms with Gasteiger partial charge in [0.05, 0.1) is 36.7 Å². The molecular weight excluding hydrogens is 390 g/mol. The van der Waals surface area contributed by atoms with Crippen molar-refractivity contribution < 1.29 is 14.3 Å². The first-order valence-corrected chi connectivity index (χ1v) is 10.8. The van der Waals surface area contributed by atoms with Crippen molar-refractivity contribution in [2.24, 2.45) is 11.8 Å². The van der Waals surface area contributed by atoms with Gasteiger partial charge in [-0.1, -0.05) is 44.2 Å². The lowest BCUT2D eigenvalue weighted by molar-refractivity contribution is -0.139. The topological polar surface area (TPSA) is 62.7 Å². The minimum atomic E-state index is -0.718. The van der Waals surface area contributed by atoms with Crippen molar-refractivity contribution in [1.82, 2.24) is 9.88 Å². The van der Waals surface area contributed by atoms with Gasteiger partial charge in [-0.15, -0.1) is 0 Å². The number of ether oxygens (including phenoxy) is 1.